The fraction of sp³-hybridized carbons (Fsp3) is 0.455. The number of hydrogen-bond acceptors (Lipinski definition) is 16. The van der Waals surface area contributed by atoms with Crippen molar-refractivity contribution in [2.24, 2.45) is 0 Å². The number of nitrogens with zero attached hydrogens (tertiary/aromatic N) is 9. The van der Waals surface area contributed by atoms with Gasteiger partial charge in [-0.2, -0.15) is 9.97 Å². The van der Waals surface area contributed by atoms with E-state index in [1.807, 2.05) is 0 Å². The van der Waals surface area contributed by atoms with Crippen molar-refractivity contribution in [3.63, 3.8) is 0 Å². The van der Waals surface area contributed by atoms with Gasteiger partial charge in [-0.15, -0.1) is 5.10 Å². The van der Waals surface area contributed by atoms with Crippen molar-refractivity contribution >= 4 is 34.2 Å². The van der Waals surface area contributed by atoms with Crippen molar-refractivity contribution < 1.29 is 29.9 Å². The lowest BCUT2D eigenvalue weighted by Crippen LogP contribution is -2.32. The summed E-state index contributed by atoms with van der Waals surface area (Å²) >= 11 is 0. The van der Waals surface area contributed by atoms with Crippen LogP contribution in [0.1, 0.15) is 24.2 Å². The van der Waals surface area contributed by atoms with Gasteiger partial charge in [0, 0.05) is 12.6 Å². The third kappa shape index (κ3) is 4.25. The Kier molecular flexibility index (Phi) is 6.22. The third-order valence-electron chi connectivity index (χ3n) is 7.58. The number of nitrogens with two attached hydrogens (primary N) is 2. The molecule has 226 valence electrons. The minimum atomic E-state index is -1.41. The van der Waals surface area contributed by atoms with Crippen LogP contribution in [0.15, 0.2) is 28.4 Å². The van der Waals surface area contributed by atoms with Crippen molar-refractivity contribution in [2.75, 3.05) is 18.1 Å². The van der Waals surface area contributed by atoms with E-state index in [0.717, 1.165) is 0 Å². The number of aliphatic hydroxyl groups is 4. The van der Waals surface area contributed by atoms with Crippen molar-refractivity contribution in [3.05, 3.63) is 45.3 Å². The maximum atomic E-state index is 12.2. The van der Waals surface area contributed by atoms with Gasteiger partial charge in [0.15, 0.2) is 34.8 Å². The Morgan fingerprint density at radius 2 is 1.40 bits per heavy atom. The molecular formula is C22H25N13O8. The number of fused-ring (bicyclic) bond motifs is 2. The maximum Gasteiger partial charge on any atom is 0.280 e. The smallest absolute Gasteiger partial charge is 0.280 e. The van der Waals surface area contributed by atoms with Crippen molar-refractivity contribution in [2.45, 2.75) is 55.4 Å². The van der Waals surface area contributed by atoms with E-state index in [2.05, 4.69) is 40.2 Å². The summed E-state index contributed by atoms with van der Waals surface area (Å²) in [6.45, 7) is -0.491. The molecule has 43 heavy (non-hydrogen) atoms. The monoisotopic (exact) mass is 599 g/mol. The SMILES string of the molecule is Nc1nc2c(ncn2[C@@H]2O[C@H](Cc3cn([C@H]4[C@@H](O)[C@H](n5cnc6c(=O)[nH]c(N)nc65)O[C@@H]4CO)nn3)[C@H](O)[C@H]2O)c(=O)[nH]1. The van der Waals surface area contributed by atoms with Gasteiger partial charge in [-0.05, 0) is 0 Å². The summed E-state index contributed by atoms with van der Waals surface area (Å²) in [7, 11) is 0. The minimum absolute atomic E-state index is 0.00741. The molecule has 21 heteroatoms. The number of aromatic nitrogens is 11. The van der Waals surface area contributed by atoms with E-state index < -0.39 is 66.7 Å². The minimum Gasteiger partial charge on any atom is -0.394 e. The molecule has 5 aromatic rings. The number of hydrogen-bond donors (Lipinski definition) is 8. The average Bonchev–Trinajstić information content (AvgIpc) is 3.78. The van der Waals surface area contributed by atoms with Gasteiger partial charge in [0.2, 0.25) is 11.9 Å². The molecule has 2 saturated heterocycles. The zero-order chi connectivity index (χ0) is 30.2. The molecule has 0 spiro atoms. The van der Waals surface area contributed by atoms with Gasteiger partial charge in [0.25, 0.3) is 11.1 Å². The van der Waals surface area contributed by atoms with Gasteiger partial charge < -0.3 is 41.4 Å². The Labute approximate surface area is 237 Å². The van der Waals surface area contributed by atoms with E-state index in [4.69, 9.17) is 20.9 Å². The number of ether oxygens (including phenoxy) is 2. The second kappa shape index (κ2) is 9.89. The first-order valence-corrected chi connectivity index (χ1v) is 13.0. The second-order valence-corrected chi connectivity index (χ2v) is 10.2. The first-order valence-electron chi connectivity index (χ1n) is 13.0. The Bertz CT molecular complexity index is 1950. The van der Waals surface area contributed by atoms with E-state index in [1.54, 1.807) is 0 Å². The summed E-state index contributed by atoms with van der Waals surface area (Å²) in [4.78, 5) is 45.2. The highest BCUT2D eigenvalue weighted by atomic mass is 16.6. The highest BCUT2D eigenvalue weighted by Gasteiger charge is 2.48. The maximum absolute atomic E-state index is 12.2. The van der Waals surface area contributed by atoms with Crippen LogP contribution in [0, 0.1) is 0 Å². The van der Waals surface area contributed by atoms with Crippen LogP contribution in [0.3, 0.4) is 0 Å². The molecule has 7 rings (SSSR count). The van der Waals surface area contributed by atoms with Gasteiger partial charge in [0.1, 0.15) is 30.5 Å². The van der Waals surface area contributed by atoms with Crippen LogP contribution in [0.5, 0.6) is 0 Å². The Morgan fingerprint density at radius 1 is 0.837 bits per heavy atom. The third-order valence-corrected chi connectivity index (χ3v) is 7.58. The van der Waals surface area contributed by atoms with E-state index in [1.165, 1.54) is 32.7 Å². The van der Waals surface area contributed by atoms with E-state index in [9.17, 15) is 30.0 Å². The van der Waals surface area contributed by atoms with E-state index in [0.29, 0.717) is 5.69 Å². The number of rotatable bonds is 6. The molecule has 0 bridgehead atoms. The van der Waals surface area contributed by atoms with Crippen LogP contribution in [-0.2, 0) is 15.9 Å². The normalized spacial score (nSPS) is 29.3. The topological polar surface area (TPSA) is 309 Å². The average molecular weight is 600 g/mol. The first kappa shape index (κ1) is 27.1. The fourth-order valence-electron chi connectivity index (χ4n) is 5.58. The van der Waals surface area contributed by atoms with Gasteiger partial charge in [0.05, 0.1) is 31.1 Å². The number of H-pyrrole nitrogens is 2. The first-order chi connectivity index (χ1) is 20.6. The Hall–Kier alpha value is -4.80. The molecule has 7 heterocycles. The highest BCUT2D eigenvalue weighted by Crippen LogP contribution is 2.38. The van der Waals surface area contributed by atoms with Crippen LogP contribution in [0.2, 0.25) is 0 Å². The summed E-state index contributed by atoms with van der Waals surface area (Å²) < 4.78 is 15.8. The van der Waals surface area contributed by atoms with E-state index in [-0.39, 0.29) is 40.6 Å². The molecule has 0 unspecified atom stereocenters. The lowest BCUT2D eigenvalue weighted by Gasteiger charge is -2.19. The predicted octanol–water partition coefficient (Wildman–Crippen LogP) is -4.34. The zero-order valence-electron chi connectivity index (χ0n) is 21.9. The molecular weight excluding hydrogens is 574 g/mol. The molecule has 0 aromatic carbocycles. The molecule has 0 amide bonds. The zero-order valence-corrected chi connectivity index (χ0v) is 21.9. The number of aliphatic hydroxyl groups excluding tert-OH is 4. The Morgan fingerprint density at radius 3 is 1.98 bits per heavy atom. The summed E-state index contributed by atoms with van der Waals surface area (Å²) in [6, 6.07) is -0.923. The Balaban J connectivity index is 1.12. The number of nitrogens with one attached hydrogen (secondary N) is 2. The lowest BCUT2D eigenvalue weighted by atomic mass is 10.1. The molecule has 0 saturated carbocycles. The number of anilines is 2. The molecule has 21 nitrogen and oxygen atoms in total. The van der Waals surface area contributed by atoms with Crippen LogP contribution >= 0.6 is 0 Å². The van der Waals surface area contributed by atoms with Crippen LogP contribution < -0.4 is 22.6 Å². The molecule has 0 radical (unpaired) electrons. The lowest BCUT2D eigenvalue weighted by molar-refractivity contribution is -0.0492. The summed E-state index contributed by atoms with van der Waals surface area (Å²) in [6.07, 6.45) is -4.22. The molecule has 5 aromatic heterocycles. The molecule has 2 aliphatic heterocycles. The summed E-state index contributed by atoms with van der Waals surface area (Å²) in [5, 5.41) is 51.0. The fourth-order valence-corrected chi connectivity index (χ4v) is 5.58. The second-order valence-electron chi connectivity index (χ2n) is 10.2. The van der Waals surface area contributed by atoms with Gasteiger partial charge >= 0.3 is 0 Å². The molecule has 10 N–H and O–H groups in total. The van der Waals surface area contributed by atoms with Crippen molar-refractivity contribution in [1.29, 1.82) is 0 Å². The van der Waals surface area contributed by atoms with Gasteiger partial charge in [-0.1, -0.05) is 5.21 Å². The van der Waals surface area contributed by atoms with Crippen molar-refractivity contribution in [1.82, 2.24) is 54.0 Å². The van der Waals surface area contributed by atoms with E-state index >= 15 is 0 Å². The van der Waals surface area contributed by atoms with Gasteiger partial charge in [-0.3, -0.25) is 28.7 Å². The molecule has 8 atom stereocenters. The van der Waals surface area contributed by atoms with Crippen molar-refractivity contribution in [3.8, 4) is 0 Å². The molecule has 0 aliphatic carbocycles. The standard InChI is InChI=1S/C22H25N13O8/c23-21-27-15-9(17(40)29-21)25-4-33(15)19-13(38)11(8(3-36)43-19)35-2-6(31-32-35)1-7-12(37)14(39)20(42-7)34-5-26-10-16(34)28-22(24)30-18(10)41/h2,4-5,7-8,11-14,19-20,36-39H,1,3H2,(H3,23,27,29,40)(H3,24,28,30,41)/t7-,8-,11-,12+,13-,14-,19-,20-/m1/s1. The molecule has 2 fully saturated rings. The number of nitrogen functional groups attached to an aromatic ring is 2. The largest absolute Gasteiger partial charge is 0.394 e. The summed E-state index contributed by atoms with van der Waals surface area (Å²) in [5.74, 6) is -0.306. The van der Waals surface area contributed by atoms with Crippen LogP contribution in [0.4, 0.5) is 11.9 Å². The van der Waals surface area contributed by atoms with Gasteiger partial charge in [-0.25, -0.2) is 14.6 Å². The number of imidazole rings is 2. The number of aromatic amines is 2. The summed E-state index contributed by atoms with van der Waals surface area (Å²) in [5.41, 5.74) is 10.6. The molecule has 2 aliphatic rings. The highest BCUT2D eigenvalue weighted by molar-refractivity contribution is 5.71. The quantitative estimate of drug-likeness (QED) is 0.0914. The predicted molar refractivity (Wildman–Crippen MR) is 141 cm³/mol. The van der Waals surface area contributed by atoms with Crippen LogP contribution in [0.25, 0.3) is 22.3 Å². The van der Waals surface area contributed by atoms with Crippen LogP contribution in [-0.4, -0.2) is 112 Å².